The van der Waals surface area contributed by atoms with Crippen LogP contribution < -0.4 is 0 Å². The lowest BCUT2D eigenvalue weighted by atomic mass is 10.2. The molecule has 2 aromatic rings. The van der Waals surface area contributed by atoms with Gasteiger partial charge in [0, 0.05) is 16.9 Å². The number of carbonyl (C=O) groups is 1. The Bertz CT molecular complexity index is 528. The van der Waals surface area contributed by atoms with Crippen molar-refractivity contribution in [3.05, 3.63) is 40.7 Å². The van der Waals surface area contributed by atoms with Crippen LogP contribution in [0.3, 0.4) is 0 Å². The summed E-state index contributed by atoms with van der Waals surface area (Å²) < 4.78 is 0. The van der Waals surface area contributed by atoms with E-state index in [2.05, 4.69) is 4.98 Å². The van der Waals surface area contributed by atoms with Crippen LogP contribution in [0.4, 0.5) is 0 Å². The minimum atomic E-state index is 0.332. The van der Waals surface area contributed by atoms with Crippen LogP contribution in [0.2, 0.25) is 0 Å². The van der Waals surface area contributed by atoms with Gasteiger partial charge in [0.1, 0.15) is 10.8 Å². The summed E-state index contributed by atoms with van der Waals surface area (Å²) in [6, 6.07) is 10.1. The highest BCUT2D eigenvalue weighted by molar-refractivity contribution is 7.10. The van der Waals surface area contributed by atoms with E-state index < -0.39 is 0 Å². The number of Topliss-reactive ketones (excluding diaryl/α,β-unsaturated/α-hetero) is 1. The van der Waals surface area contributed by atoms with Crippen LogP contribution in [0.5, 0.6) is 0 Å². The Kier molecular flexibility index (Phi) is 2.77. The average molecular weight is 243 g/mol. The van der Waals surface area contributed by atoms with Crippen molar-refractivity contribution in [1.82, 2.24) is 4.98 Å². The van der Waals surface area contributed by atoms with Gasteiger partial charge in [0.25, 0.3) is 0 Å². The molecule has 0 amide bonds. The van der Waals surface area contributed by atoms with Crippen LogP contribution in [0, 0.1) is 5.92 Å². The lowest BCUT2D eigenvalue weighted by Gasteiger charge is -1.95. The third-order valence-corrected chi connectivity index (χ3v) is 3.83. The maximum Gasteiger partial charge on any atom is 0.142 e. The number of aromatic nitrogens is 1. The van der Waals surface area contributed by atoms with E-state index >= 15 is 0 Å². The Hall–Kier alpha value is -1.48. The number of benzene rings is 1. The van der Waals surface area contributed by atoms with Crippen LogP contribution in [-0.4, -0.2) is 10.8 Å². The van der Waals surface area contributed by atoms with Crippen LogP contribution in [0.25, 0.3) is 11.3 Å². The molecule has 0 radical (unpaired) electrons. The predicted octanol–water partition coefficient (Wildman–Crippen LogP) is 3.33. The third kappa shape index (κ3) is 2.44. The normalized spacial score (nSPS) is 14.8. The van der Waals surface area contributed by atoms with Gasteiger partial charge in [-0.15, -0.1) is 11.3 Å². The first-order valence-corrected chi connectivity index (χ1v) is 6.73. The largest absolute Gasteiger partial charge is 0.299 e. The number of thiazole rings is 1. The fourth-order valence-electron chi connectivity index (χ4n) is 1.83. The van der Waals surface area contributed by atoms with Gasteiger partial charge in [0.15, 0.2) is 0 Å². The van der Waals surface area contributed by atoms with Crippen molar-refractivity contribution in [1.29, 1.82) is 0 Å². The van der Waals surface area contributed by atoms with E-state index in [0.29, 0.717) is 18.1 Å². The molecule has 0 unspecified atom stereocenters. The highest BCUT2D eigenvalue weighted by Crippen LogP contribution is 2.31. The van der Waals surface area contributed by atoms with Crippen molar-refractivity contribution in [3.8, 4) is 11.3 Å². The standard InChI is InChI=1S/C14H13NOS/c16-13(11-6-7-11)8-14-15-12(9-17-14)10-4-2-1-3-5-10/h1-5,9,11H,6-8H2. The predicted molar refractivity (Wildman–Crippen MR) is 69.0 cm³/mol. The minimum Gasteiger partial charge on any atom is -0.299 e. The molecule has 0 atom stereocenters. The summed E-state index contributed by atoms with van der Waals surface area (Å²) in [5.41, 5.74) is 2.10. The fraction of sp³-hybridized carbons (Fsp3) is 0.286. The molecule has 1 aliphatic rings. The van der Waals surface area contributed by atoms with E-state index in [1.807, 2.05) is 35.7 Å². The molecular formula is C14H13NOS. The summed E-state index contributed by atoms with van der Waals surface area (Å²) in [4.78, 5) is 16.2. The molecule has 0 spiro atoms. The summed E-state index contributed by atoms with van der Waals surface area (Å²) in [6.45, 7) is 0. The van der Waals surface area contributed by atoms with Gasteiger partial charge in [-0.1, -0.05) is 30.3 Å². The number of nitrogens with zero attached hydrogens (tertiary/aromatic N) is 1. The summed E-state index contributed by atoms with van der Waals surface area (Å²) in [7, 11) is 0. The van der Waals surface area contributed by atoms with Gasteiger partial charge in [-0.25, -0.2) is 4.98 Å². The Morgan fingerprint density at radius 1 is 1.29 bits per heavy atom. The Morgan fingerprint density at radius 3 is 2.76 bits per heavy atom. The second-order valence-corrected chi connectivity index (χ2v) is 5.35. The van der Waals surface area contributed by atoms with Crippen LogP contribution in [0.15, 0.2) is 35.7 Å². The lowest BCUT2D eigenvalue weighted by molar-refractivity contribution is -0.119. The number of carbonyl (C=O) groups excluding carboxylic acids is 1. The second kappa shape index (κ2) is 4.41. The van der Waals surface area contributed by atoms with E-state index in [1.165, 1.54) is 0 Å². The smallest absolute Gasteiger partial charge is 0.142 e. The third-order valence-electron chi connectivity index (χ3n) is 2.98. The number of rotatable bonds is 4. The molecular weight excluding hydrogens is 230 g/mol. The minimum absolute atomic E-state index is 0.332. The molecule has 3 heteroatoms. The van der Waals surface area contributed by atoms with Gasteiger partial charge >= 0.3 is 0 Å². The van der Waals surface area contributed by atoms with Crippen LogP contribution in [0.1, 0.15) is 17.8 Å². The first kappa shape index (κ1) is 10.7. The molecule has 0 N–H and O–H groups in total. The first-order chi connectivity index (χ1) is 8.33. The van der Waals surface area contributed by atoms with E-state index in [0.717, 1.165) is 29.1 Å². The molecule has 1 aromatic carbocycles. The van der Waals surface area contributed by atoms with Crippen molar-refractivity contribution in [2.45, 2.75) is 19.3 Å². The van der Waals surface area contributed by atoms with Crippen molar-refractivity contribution in [2.75, 3.05) is 0 Å². The van der Waals surface area contributed by atoms with Gasteiger partial charge in [0.05, 0.1) is 12.1 Å². The van der Waals surface area contributed by atoms with Gasteiger partial charge in [-0.3, -0.25) is 4.79 Å². The molecule has 86 valence electrons. The molecule has 3 rings (SSSR count). The van der Waals surface area contributed by atoms with Crippen molar-refractivity contribution in [2.24, 2.45) is 5.92 Å². The zero-order valence-corrected chi connectivity index (χ0v) is 10.2. The SMILES string of the molecule is O=C(Cc1nc(-c2ccccc2)cs1)C1CC1. The maximum absolute atomic E-state index is 11.7. The molecule has 1 heterocycles. The second-order valence-electron chi connectivity index (χ2n) is 4.41. The van der Waals surface area contributed by atoms with Gasteiger partial charge < -0.3 is 0 Å². The number of hydrogen-bond acceptors (Lipinski definition) is 3. The van der Waals surface area contributed by atoms with Gasteiger partial charge in [0.2, 0.25) is 0 Å². The molecule has 1 fully saturated rings. The maximum atomic E-state index is 11.7. The van der Waals surface area contributed by atoms with Crippen LogP contribution >= 0.6 is 11.3 Å². The van der Waals surface area contributed by atoms with E-state index in [4.69, 9.17) is 0 Å². The molecule has 0 bridgehead atoms. The molecule has 0 aliphatic heterocycles. The molecule has 1 saturated carbocycles. The molecule has 1 aliphatic carbocycles. The topological polar surface area (TPSA) is 30.0 Å². The average Bonchev–Trinajstić information content (AvgIpc) is 3.12. The van der Waals surface area contributed by atoms with Gasteiger partial charge in [-0.2, -0.15) is 0 Å². The Balaban J connectivity index is 1.76. The Morgan fingerprint density at radius 2 is 2.06 bits per heavy atom. The summed E-state index contributed by atoms with van der Waals surface area (Å²) >= 11 is 1.59. The summed E-state index contributed by atoms with van der Waals surface area (Å²) in [6.07, 6.45) is 2.67. The lowest BCUT2D eigenvalue weighted by Crippen LogP contribution is -2.04. The van der Waals surface area contributed by atoms with Crippen molar-refractivity contribution in [3.63, 3.8) is 0 Å². The zero-order valence-electron chi connectivity index (χ0n) is 9.43. The Labute approximate surface area is 104 Å². The number of hydrogen-bond donors (Lipinski definition) is 0. The molecule has 1 aromatic heterocycles. The van der Waals surface area contributed by atoms with Crippen molar-refractivity contribution < 1.29 is 4.79 Å². The van der Waals surface area contributed by atoms with E-state index in [9.17, 15) is 4.79 Å². The monoisotopic (exact) mass is 243 g/mol. The number of ketones is 1. The highest BCUT2D eigenvalue weighted by atomic mass is 32.1. The summed E-state index contributed by atoms with van der Waals surface area (Å²) in [5, 5.41) is 2.98. The van der Waals surface area contributed by atoms with Crippen molar-refractivity contribution >= 4 is 17.1 Å². The fourth-order valence-corrected chi connectivity index (χ4v) is 2.65. The zero-order chi connectivity index (χ0) is 11.7. The molecule has 17 heavy (non-hydrogen) atoms. The summed E-state index contributed by atoms with van der Waals surface area (Å²) in [5.74, 6) is 0.693. The van der Waals surface area contributed by atoms with Crippen LogP contribution in [-0.2, 0) is 11.2 Å². The quantitative estimate of drug-likeness (QED) is 0.824. The van der Waals surface area contributed by atoms with E-state index in [1.54, 1.807) is 11.3 Å². The molecule has 0 saturated heterocycles. The highest BCUT2D eigenvalue weighted by Gasteiger charge is 2.29. The van der Waals surface area contributed by atoms with Gasteiger partial charge in [-0.05, 0) is 12.8 Å². The molecule has 2 nitrogen and oxygen atoms in total. The first-order valence-electron chi connectivity index (χ1n) is 5.85. The van der Waals surface area contributed by atoms with E-state index in [-0.39, 0.29) is 0 Å².